The second-order valence-corrected chi connectivity index (χ2v) is 7.01. The average molecular weight is 254 g/mol. The molecule has 6 heteroatoms. The van der Waals surface area contributed by atoms with Gasteiger partial charge in [0.15, 0.2) is 10.3 Å². The van der Waals surface area contributed by atoms with E-state index in [1.54, 1.807) is 27.0 Å². The van der Waals surface area contributed by atoms with Crippen LogP contribution in [0.1, 0.15) is 27.7 Å². The fourth-order valence-corrected chi connectivity index (χ4v) is 4.20. The minimum absolute atomic E-state index is 0.194. The Kier molecular flexibility index (Phi) is 6.11. The first kappa shape index (κ1) is 15.2. The number of carbonyl (C=O) groups is 1. The second-order valence-electron chi connectivity index (χ2n) is 3.08. The topological polar surface area (TPSA) is 52.6 Å². The van der Waals surface area contributed by atoms with Crippen molar-refractivity contribution in [1.29, 1.82) is 0 Å². The Bertz CT molecular complexity index is 259. The van der Waals surface area contributed by atoms with Crippen LogP contribution in [0.5, 0.6) is 0 Å². The van der Waals surface area contributed by atoms with Gasteiger partial charge in [0.2, 0.25) is 0 Å². The highest BCUT2D eigenvalue weighted by molar-refractivity contribution is 8.07. The van der Waals surface area contributed by atoms with Crippen molar-refractivity contribution in [3.05, 3.63) is 0 Å². The number of hydrogen-bond donors (Lipinski definition) is 0. The summed E-state index contributed by atoms with van der Waals surface area (Å²) in [5.74, 6) is -0.194. The molecule has 0 rings (SSSR count). The molecular weight excluding hydrogens is 235 g/mol. The van der Waals surface area contributed by atoms with Crippen molar-refractivity contribution in [3.63, 3.8) is 0 Å². The van der Waals surface area contributed by atoms with Gasteiger partial charge in [0.05, 0.1) is 13.2 Å². The predicted molar refractivity (Wildman–Crippen MR) is 63.5 cm³/mol. The molecule has 1 atom stereocenters. The van der Waals surface area contributed by atoms with Gasteiger partial charge in [-0.2, -0.15) is 0 Å². The Morgan fingerprint density at radius 3 is 1.93 bits per heavy atom. The van der Waals surface area contributed by atoms with Gasteiger partial charge in [-0.3, -0.25) is 9.36 Å². The van der Waals surface area contributed by atoms with Crippen LogP contribution in [0.2, 0.25) is 0 Å². The van der Waals surface area contributed by atoms with Gasteiger partial charge in [0.1, 0.15) is 0 Å². The molecule has 0 radical (unpaired) electrons. The lowest BCUT2D eigenvalue weighted by Crippen LogP contribution is -2.31. The molecular formula is C9H19O4PS. The van der Waals surface area contributed by atoms with Gasteiger partial charge in [-0.1, -0.05) is 0 Å². The van der Waals surface area contributed by atoms with Gasteiger partial charge >= 0.3 is 7.60 Å². The van der Waals surface area contributed by atoms with Crippen LogP contribution < -0.4 is 0 Å². The minimum Gasteiger partial charge on any atom is -0.308 e. The van der Waals surface area contributed by atoms with E-state index < -0.39 is 12.1 Å². The van der Waals surface area contributed by atoms with Crippen molar-refractivity contribution in [2.45, 2.75) is 32.2 Å². The monoisotopic (exact) mass is 254 g/mol. The van der Waals surface area contributed by atoms with E-state index in [1.807, 2.05) is 0 Å². The van der Waals surface area contributed by atoms with Gasteiger partial charge < -0.3 is 9.05 Å². The van der Waals surface area contributed by atoms with Crippen molar-refractivity contribution < 1.29 is 18.4 Å². The second kappa shape index (κ2) is 6.04. The molecule has 4 nitrogen and oxygen atoms in total. The smallest absolute Gasteiger partial charge is 0.308 e. The Labute approximate surface area is 95.6 Å². The minimum atomic E-state index is -3.38. The fraction of sp³-hybridized carbons (Fsp3) is 0.889. The van der Waals surface area contributed by atoms with Gasteiger partial charge in [-0.15, -0.1) is 11.8 Å². The van der Waals surface area contributed by atoms with Crippen molar-refractivity contribution in [3.8, 4) is 0 Å². The van der Waals surface area contributed by atoms with E-state index in [1.165, 1.54) is 18.7 Å². The summed E-state index contributed by atoms with van der Waals surface area (Å²) >= 11 is 1.20. The molecule has 0 aliphatic heterocycles. The molecule has 1 unspecified atom stereocenters. The summed E-state index contributed by atoms with van der Waals surface area (Å²) in [6, 6.07) is 0. The molecule has 0 aromatic carbocycles. The summed E-state index contributed by atoms with van der Waals surface area (Å²) in [7, 11) is -3.38. The van der Waals surface area contributed by atoms with Gasteiger partial charge in [0.25, 0.3) is 0 Å². The van der Waals surface area contributed by atoms with E-state index in [0.29, 0.717) is 0 Å². The number of thioether (sulfide) groups is 1. The Balaban J connectivity index is 5.19. The zero-order valence-corrected chi connectivity index (χ0v) is 11.6. The summed E-state index contributed by atoms with van der Waals surface area (Å²) < 4.78 is 21.7. The summed E-state index contributed by atoms with van der Waals surface area (Å²) in [5, 5.41) is 0. The zero-order valence-electron chi connectivity index (χ0n) is 9.90. The van der Waals surface area contributed by atoms with Crippen molar-refractivity contribution in [1.82, 2.24) is 0 Å². The standard InChI is InChI=1S/C9H19O4PS/c1-6-12-14(11,13-7-2)9(4,15-5)8(3)10/h6-7H2,1-5H3. The lowest BCUT2D eigenvalue weighted by atomic mass is 10.3. The van der Waals surface area contributed by atoms with Crippen LogP contribution in [0.3, 0.4) is 0 Å². The average Bonchev–Trinajstić information content (AvgIpc) is 2.16. The molecule has 0 heterocycles. The highest BCUT2D eigenvalue weighted by Crippen LogP contribution is 2.64. The van der Waals surface area contributed by atoms with E-state index in [2.05, 4.69) is 0 Å². The van der Waals surface area contributed by atoms with Crippen LogP contribution in [0.4, 0.5) is 0 Å². The van der Waals surface area contributed by atoms with Crippen LogP contribution in [-0.4, -0.2) is 29.7 Å². The van der Waals surface area contributed by atoms with Crippen LogP contribution >= 0.6 is 19.4 Å². The number of Topliss-reactive ketones (excluding diaryl/α,β-unsaturated/α-hetero) is 1. The molecule has 15 heavy (non-hydrogen) atoms. The number of ketones is 1. The molecule has 0 spiro atoms. The summed E-state index contributed by atoms with van der Waals surface area (Å²) in [5.41, 5.74) is 0. The maximum atomic E-state index is 12.4. The van der Waals surface area contributed by atoms with Crippen LogP contribution in [0.15, 0.2) is 0 Å². The third kappa shape index (κ3) is 3.06. The first-order valence-electron chi connectivity index (χ1n) is 4.83. The molecule has 0 aliphatic carbocycles. The summed E-state index contributed by atoms with van der Waals surface area (Å²) in [4.78, 5) is 11.5. The molecule has 0 bridgehead atoms. The third-order valence-electron chi connectivity index (χ3n) is 2.17. The molecule has 0 N–H and O–H groups in total. The molecule has 0 aromatic rings. The maximum Gasteiger partial charge on any atom is 0.353 e. The maximum absolute atomic E-state index is 12.4. The van der Waals surface area contributed by atoms with E-state index in [9.17, 15) is 9.36 Å². The van der Waals surface area contributed by atoms with E-state index in [0.717, 1.165) is 0 Å². The molecule has 0 saturated carbocycles. The molecule has 0 amide bonds. The quantitative estimate of drug-likeness (QED) is 0.654. The first-order chi connectivity index (χ1) is 6.88. The molecule has 0 aromatic heterocycles. The van der Waals surface area contributed by atoms with Gasteiger partial charge in [-0.25, -0.2) is 0 Å². The third-order valence-corrected chi connectivity index (χ3v) is 7.03. The molecule has 0 aliphatic rings. The fourth-order valence-electron chi connectivity index (χ4n) is 1.07. The largest absolute Gasteiger partial charge is 0.353 e. The van der Waals surface area contributed by atoms with E-state index >= 15 is 0 Å². The Morgan fingerprint density at radius 1 is 1.33 bits per heavy atom. The van der Waals surface area contributed by atoms with Crippen molar-refractivity contribution >= 4 is 25.1 Å². The molecule has 0 fully saturated rings. The number of rotatable bonds is 7. The van der Waals surface area contributed by atoms with Gasteiger partial charge in [0, 0.05) is 0 Å². The lowest BCUT2D eigenvalue weighted by molar-refractivity contribution is -0.117. The van der Waals surface area contributed by atoms with Crippen LogP contribution in [-0.2, 0) is 18.4 Å². The zero-order chi connectivity index (χ0) is 12.1. The van der Waals surface area contributed by atoms with Crippen molar-refractivity contribution in [2.75, 3.05) is 19.5 Å². The summed E-state index contributed by atoms with van der Waals surface area (Å²) in [6.07, 6.45) is 1.73. The van der Waals surface area contributed by atoms with Crippen molar-refractivity contribution in [2.24, 2.45) is 0 Å². The predicted octanol–water partition coefficient (Wildman–Crippen LogP) is 2.92. The Hall–Kier alpha value is 0.170. The van der Waals surface area contributed by atoms with E-state index in [-0.39, 0.29) is 19.0 Å². The number of carbonyl (C=O) groups excluding carboxylic acids is 1. The Morgan fingerprint density at radius 2 is 1.73 bits per heavy atom. The molecule has 0 saturated heterocycles. The van der Waals surface area contributed by atoms with E-state index in [4.69, 9.17) is 9.05 Å². The normalized spacial score (nSPS) is 16.1. The highest BCUT2D eigenvalue weighted by atomic mass is 32.2. The van der Waals surface area contributed by atoms with Crippen LogP contribution in [0.25, 0.3) is 0 Å². The van der Waals surface area contributed by atoms with Gasteiger partial charge in [-0.05, 0) is 34.0 Å². The number of hydrogen-bond acceptors (Lipinski definition) is 5. The SMILES string of the molecule is CCOP(=O)(OCC)C(C)(SC)C(C)=O. The first-order valence-corrected chi connectivity index (χ1v) is 7.60. The summed E-state index contributed by atoms with van der Waals surface area (Å²) in [6.45, 7) is 6.99. The molecule has 90 valence electrons. The lowest BCUT2D eigenvalue weighted by Gasteiger charge is -2.32. The highest BCUT2D eigenvalue weighted by Gasteiger charge is 2.50. The van der Waals surface area contributed by atoms with Crippen LogP contribution in [0, 0.1) is 0 Å².